The smallest absolute Gasteiger partial charge is 0.0972 e. The van der Waals surface area contributed by atoms with Gasteiger partial charge < -0.3 is 5.11 Å². The van der Waals surface area contributed by atoms with Crippen LogP contribution >= 0.6 is 22.9 Å². The number of benzene rings is 1. The first kappa shape index (κ1) is 15.9. The summed E-state index contributed by atoms with van der Waals surface area (Å²) in [5, 5.41) is 13.7. The minimum absolute atomic E-state index is 0.208. The predicted molar refractivity (Wildman–Crippen MR) is 91.4 cm³/mol. The molecule has 0 aliphatic carbocycles. The summed E-state index contributed by atoms with van der Waals surface area (Å²) in [6, 6.07) is 7.95. The largest absolute Gasteiger partial charge is 0.393 e. The van der Waals surface area contributed by atoms with E-state index < -0.39 is 0 Å². The molecule has 2 unspecified atom stereocenters. The molecule has 0 saturated carbocycles. The fourth-order valence-electron chi connectivity index (χ4n) is 2.91. The van der Waals surface area contributed by atoms with Crippen molar-refractivity contribution < 1.29 is 5.11 Å². The lowest BCUT2D eigenvalue weighted by Crippen LogP contribution is -2.24. The second kappa shape index (κ2) is 7.09. The number of halogens is 1. The normalized spacial score (nSPS) is 20.4. The number of rotatable bonds is 5. The summed E-state index contributed by atoms with van der Waals surface area (Å²) in [7, 11) is 0. The maximum absolute atomic E-state index is 9.67. The maximum Gasteiger partial charge on any atom is 0.0972 e. The van der Waals surface area contributed by atoms with E-state index in [0.717, 1.165) is 48.2 Å². The van der Waals surface area contributed by atoms with Crippen LogP contribution in [0.25, 0.3) is 0 Å². The second-order valence-electron chi connectivity index (χ2n) is 6.06. The van der Waals surface area contributed by atoms with Gasteiger partial charge in [0.1, 0.15) is 0 Å². The lowest BCUT2D eigenvalue weighted by molar-refractivity contribution is 0.127. The summed E-state index contributed by atoms with van der Waals surface area (Å²) in [5.41, 5.74) is 2.38. The summed E-state index contributed by atoms with van der Waals surface area (Å²) in [4.78, 5) is 7.13. The van der Waals surface area contributed by atoms with Crippen molar-refractivity contribution in [2.24, 2.45) is 5.92 Å². The van der Waals surface area contributed by atoms with E-state index in [1.807, 2.05) is 19.1 Å². The molecule has 1 aromatic heterocycles. The van der Waals surface area contributed by atoms with Crippen LogP contribution in [0.5, 0.6) is 0 Å². The number of aromatic nitrogens is 1. The Morgan fingerprint density at radius 2 is 2.18 bits per heavy atom. The van der Waals surface area contributed by atoms with Gasteiger partial charge in [-0.05, 0) is 43.5 Å². The van der Waals surface area contributed by atoms with Crippen LogP contribution in [-0.4, -0.2) is 34.2 Å². The van der Waals surface area contributed by atoms with Crippen molar-refractivity contribution >= 4 is 22.9 Å². The molecule has 5 heteroatoms. The third-order valence-electron chi connectivity index (χ3n) is 4.24. The van der Waals surface area contributed by atoms with Gasteiger partial charge in [0.15, 0.2) is 0 Å². The maximum atomic E-state index is 9.67. The molecule has 1 aromatic carbocycles. The molecule has 2 atom stereocenters. The molecule has 2 heterocycles. The van der Waals surface area contributed by atoms with Crippen molar-refractivity contribution in [1.29, 1.82) is 0 Å². The van der Waals surface area contributed by atoms with Crippen molar-refractivity contribution in [3.05, 3.63) is 50.9 Å². The first-order valence-corrected chi connectivity index (χ1v) is 8.94. The van der Waals surface area contributed by atoms with Crippen molar-refractivity contribution in [3.8, 4) is 0 Å². The first-order valence-electron chi connectivity index (χ1n) is 7.68. The van der Waals surface area contributed by atoms with E-state index in [1.165, 1.54) is 5.56 Å². The lowest BCUT2D eigenvalue weighted by Gasteiger charge is -2.16. The van der Waals surface area contributed by atoms with Crippen molar-refractivity contribution in [3.63, 3.8) is 0 Å². The molecule has 1 N–H and O–H groups in total. The molecule has 1 aliphatic rings. The Bertz CT molecular complexity index is 611. The second-order valence-corrected chi connectivity index (χ2v) is 7.44. The standard InChI is InChI=1S/C17H21ClN2OS/c1-12(21)14-6-7-20(9-14)10-16-11-22-17(19-16)8-13-2-4-15(18)5-3-13/h2-5,11-12,14,21H,6-10H2,1H3. The quantitative estimate of drug-likeness (QED) is 0.906. The van der Waals surface area contributed by atoms with E-state index in [9.17, 15) is 5.11 Å². The van der Waals surface area contributed by atoms with Crippen LogP contribution in [0.1, 0.15) is 29.6 Å². The van der Waals surface area contributed by atoms with Gasteiger partial charge in [-0.2, -0.15) is 0 Å². The lowest BCUT2D eigenvalue weighted by atomic mass is 10.0. The Labute approximate surface area is 140 Å². The minimum Gasteiger partial charge on any atom is -0.393 e. The van der Waals surface area contributed by atoms with Crippen LogP contribution in [0.4, 0.5) is 0 Å². The summed E-state index contributed by atoms with van der Waals surface area (Å²) in [6.07, 6.45) is 1.73. The van der Waals surface area contributed by atoms with Crippen LogP contribution in [0.3, 0.4) is 0 Å². The highest BCUT2D eigenvalue weighted by Gasteiger charge is 2.26. The summed E-state index contributed by atoms with van der Waals surface area (Å²) in [5.74, 6) is 0.409. The van der Waals surface area contributed by atoms with Crippen LogP contribution in [0.15, 0.2) is 29.6 Å². The molecule has 0 radical (unpaired) electrons. The van der Waals surface area contributed by atoms with Crippen molar-refractivity contribution in [1.82, 2.24) is 9.88 Å². The molecule has 0 amide bonds. The zero-order valence-electron chi connectivity index (χ0n) is 12.7. The number of likely N-dealkylation sites (tertiary alicyclic amines) is 1. The minimum atomic E-state index is -0.208. The Morgan fingerprint density at radius 1 is 1.41 bits per heavy atom. The van der Waals surface area contributed by atoms with Gasteiger partial charge in [-0.1, -0.05) is 23.7 Å². The summed E-state index contributed by atoms with van der Waals surface area (Å²) in [6.45, 7) is 4.81. The van der Waals surface area contributed by atoms with Crippen LogP contribution < -0.4 is 0 Å². The monoisotopic (exact) mass is 336 g/mol. The molecular weight excluding hydrogens is 316 g/mol. The van der Waals surface area contributed by atoms with Gasteiger partial charge in [0.2, 0.25) is 0 Å². The Morgan fingerprint density at radius 3 is 2.86 bits per heavy atom. The molecule has 1 saturated heterocycles. The summed E-state index contributed by atoms with van der Waals surface area (Å²) >= 11 is 7.63. The Hall–Kier alpha value is -0.940. The Kier molecular flexibility index (Phi) is 5.14. The average molecular weight is 337 g/mol. The zero-order valence-corrected chi connectivity index (χ0v) is 14.3. The number of thiazole rings is 1. The number of nitrogens with zero attached hydrogens (tertiary/aromatic N) is 2. The highest BCUT2D eigenvalue weighted by atomic mass is 35.5. The molecule has 0 bridgehead atoms. The van der Waals surface area contributed by atoms with Gasteiger partial charge in [-0.15, -0.1) is 11.3 Å². The van der Waals surface area contributed by atoms with Gasteiger partial charge >= 0.3 is 0 Å². The van der Waals surface area contributed by atoms with Gasteiger partial charge in [0.25, 0.3) is 0 Å². The summed E-state index contributed by atoms with van der Waals surface area (Å²) < 4.78 is 0. The van der Waals surface area contributed by atoms with Crippen molar-refractivity contribution in [2.75, 3.05) is 13.1 Å². The van der Waals surface area contributed by atoms with E-state index >= 15 is 0 Å². The molecule has 0 spiro atoms. The number of hydrogen-bond donors (Lipinski definition) is 1. The molecule has 118 valence electrons. The van der Waals surface area contributed by atoms with Crippen LogP contribution in [-0.2, 0) is 13.0 Å². The first-order chi connectivity index (χ1) is 10.6. The molecule has 1 fully saturated rings. The van der Waals surface area contributed by atoms with E-state index in [0.29, 0.717) is 5.92 Å². The predicted octanol–water partition coefficient (Wildman–Crippen LogP) is 3.59. The molecular formula is C17H21ClN2OS. The van der Waals surface area contributed by atoms with Gasteiger partial charge in [0, 0.05) is 29.9 Å². The molecule has 1 aliphatic heterocycles. The van der Waals surface area contributed by atoms with E-state index in [-0.39, 0.29) is 6.10 Å². The fourth-order valence-corrected chi connectivity index (χ4v) is 3.85. The van der Waals surface area contributed by atoms with Crippen LogP contribution in [0, 0.1) is 5.92 Å². The molecule has 3 nitrogen and oxygen atoms in total. The number of hydrogen-bond acceptors (Lipinski definition) is 4. The highest BCUT2D eigenvalue weighted by molar-refractivity contribution is 7.09. The van der Waals surface area contributed by atoms with E-state index in [4.69, 9.17) is 16.6 Å². The Balaban J connectivity index is 1.56. The molecule has 2 aromatic rings. The van der Waals surface area contributed by atoms with Gasteiger partial charge in [-0.25, -0.2) is 4.98 Å². The van der Waals surface area contributed by atoms with E-state index in [2.05, 4.69) is 22.4 Å². The van der Waals surface area contributed by atoms with E-state index in [1.54, 1.807) is 11.3 Å². The third-order valence-corrected chi connectivity index (χ3v) is 5.39. The van der Waals surface area contributed by atoms with Gasteiger partial charge in [-0.3, -0.25) is 4.90 Å². The SMILES string of the molecule is CC(O)C1CCN(Cc2csc(Cc3ccc(Cl)cc3)n2)C1. The van der Waals surface area contributed by atoms with Crippen LogP contribution in [0.2, 0.25) is 5.02 Å². The fraction of sp³-hybridized carbons (Fsp3) is 0.471. The molecule has 22 heavy (non-hydrogen) atoms. The number of aliphatic hydroxyl groups is 1. The zero-order chi connectivity index (χ0) is 15.5. The van der Waals surface area contributed by atoms with Crippen molar-refractivity contribution in [2.45, 2.75) is 32.4 Å². The third kappa shape index (κ3) is 4.07. The van der Waals surface area contributed by atoms with Gasteiger partial charge in [0.05, 0.1) is 16.8 Å². The highest BCUT2D eigenvalue weighted by Crippen LogP contribution is 2.23. The number of aliphatic hydroxyl groups excluding tert-OH is 1. The topological polar surface area (TPSA) is 36.4 Å². The average Bonchev–Trinajstić information content (AvgIpc) is 3.12. The molecule has 3 rings (SSSR count).